The average molecular weight is 342 g/mol. The fourth-order valence-electron chi connectivity index (χ4n) is 3.03. The Hall–Kier alpha value is -0.570. The van der Waals surface area contributed by atoms with E-state index in [0.29, 0.717) is 0 Å². The van der Waals surface area contributed by atoms with E-state index in [4.69, 9.17) is 5.11 Å². The monoisotopic (exact) mass is 341 g/mol. The lowest BCUT2D eigenvalue weighted by Crippen LogP contribution is -2.34. The zero-order valence-corrected chi connectivity index (χ0v) is 16.6. The largest absolute Gasteiger partial charge is 0.480 e. The maximum Gasteiger partial charge on any atom is 0.320 e. The lowest BCUT2D eigenvalue weighted by molar-refractivity contribution is -0.138. The Morgan fingerprint density at radius 2 is 1.08 bits per heavy atom. The van der Waals surface area contributed by atoms with Crippen LogP contribution in [0.3, 0.4) is 0 Å². The second-order valence-corrected chi connectivity index (χ2v) is 7.79. The summed E-state index contributed by atoms with van der Waals surface area (Å²) >= 11 is 0. The van der Waals surface area contributed by atoms with Crippen molar-refractivity contribution in [3.05, 3.63) is 0 Å². The summed E-state index contributed by atoms with van der Waals surface area (Å²) in [6.45, 7) is 7.16. The maximum absolute atomic E-state index is 10.6. The van der Waals surface area contributed by atoms with E-state index in [1.807, 2.05) is 0 Å². The van der Waals surface area contributed by atoms with Gasteiger partial charge in [-0.15, -0.1) is 0 Å². The van der Waals surface area contributed by atoms with Crippen LogP contribution in [-0.4, -0.2) is 23.7 Å². The van der Waals surface area contributed by atoms with Crippen molar-refractivity contribution in [3.63, 3.8) is 0 Å². The summed E-state index contributed by atoms with van der Waals surface area (Å²) in [6.07, 6.45) is 19.1. The van der Waals surface area contributed by atoms with Crippen molar-refractivity contribution in [1.82, 2.24) is 5.32 Å². The van der Waals surface area contributed by atoms with Crippen LogP contribution < -0.4 is 5.32 Å². The summed E-state index contributed by atoms with van der Waals surface area (Å²) in [4.78, 5) is 10.6. The van der Waals surface area contributed by atoms with Crippen LogP contribution in [0.4, 0.5) is 0 Å². The minimum absolute atomic E-state index is 0.416. The number of hydrogen-bond acceptors (Lipinski definition) is 2. The molecule has 3 heteroatoms. The molecule has 1 unspecified atom stereocenters. The van der Waals surface area contributed by atoms with E-state index in [2.05, 4.69) is 19.2 Å². The Morgan fingerprint density at radius 1 is 0.708 bits per heavy atom. The molecule has 0 saturated heterocycles. The van der Waals surface area contributed by atoms with Gasteiger partial charge >= 0.3 is 5.97 Å². The van der Waals surface area contributed by atoms with E-state index >= 15 is 0 Å². The van der Waals surface area contributed by atoms with E-state index in [1.54, 1.807) is 6.92 Å². The SMILES string of the molecule is CC(C)CCCCCCCCCCCCCCCNC(C)C(=O)O. The topological polar surface area (TPSA) is 49.3 Å². The molecule has 0 amide bonds. The number of nitrogens with one attached hydrogen (secondary N) is 1. The summed E-state index contributed by atoms with van der Waals surface area (Å²) in [7, 11) is 0. The van der Waals surface area contributed by atoms with Crippen LogP contribution in [0.15, 0.2) is 0 Å². The number of unbranched alkanes of at least 4 members (excludes halogenated alkanes) is 12. The molecule has 0 aromatic heterocycles. The van der Waals surface area contributed by atoms with E-state index in [-0.39, 0.29) is 0 Å². The van der Waals surface area contributed by atoms with Gasteiger partial charge in [0.2, 0.25) is 0 Å². The van der Waals surface area contributed by atoms with Gasteiger partial charge in [-0.3, -0.25) is 4.79 Å². The van der Waals surface area contributed by atoms with Crippen molar-refractivity contribution in [2.45, 2.75) is 117 Å². The molecular weight excluding hydrogens is 298 g/mol. The first-order valence-corrected chi connectivity index (χ1v) is 10.5. The molecule has 0 aliphatic carbocycles. The van der Waals surface area contributed by atoms with Crippen molar-refractivity contribution >= 4 is 5.97 Å². The van der Waals surface area contributed by atoms with Gasteiger partial charge < -0.3 is 10.4 Å². The molecule has 0 aliphatic rings. The van der Waals surface area contributed by atoms with Gasteiger partial charge in [0.05, 0.1) is 0 Å². The standard InChI is InChI=1S/C21H43NO2/c1-19(2)17-15-13-11-9-7-5-4-6-8-10-12-14-16-18-22-20(3)21(23)24/h19-20,22H,4-18H2,1-3H3,(H,23,24). The van der Waals surface area contributed by atoms with Gasteiger partial charge in [-0.25, -0.2) is 0 Å². The van der Waals surface area contributed by atoms with Crippen LogP contribution in [0.25, 0.3) is 0 Å². The molecule has 144 valence electrons. The van der Waals surface area contributed by atoms with Gasteiger partial charge in [0.25, 0.3) is 0 Å². The molecule has 0 spiro atoms. The molecule has 2 N–H and O–H groups in total. The summed E-state index contributed by atoms with van der Waals surface area (Å²) in [5.41, 5.74) is 0. The summed E-state index contributed by atoms with van der Waals surface area (Å²) in [5, 5.41) is 11.8. The molecule has 24 heavy (non-hydrogen) atoms. The Kier molecular flexibility index (Phi) is 16.8. The number of carboxylic acid groups (broad SMARTS) is 1. The van der Waals surface area contributed by atoms with E-state index < -0.39 is 12.0 Å². The van der Waals surface area contributed by atoms with Crippen LogP contribution in [0.1, 0.15) is 111 Å². The number of rotatable bonds is 18. The quantitative estimate of drug-likeness (QED) is 0.293. The third-order valence-corrected chi connectivity index (χ3v) is 4.78. The first-order valence-electron chi connectivity index (χ1n) is 10.5. The maximum atomic E-state index is 10.6. The van der Waals surface area contributed by atoms with Crippen molar-refractivity contribution in [2.75, 3.05) is 6.54 Å². The highest BCUT2D eigenvalue weighted by atomic mass is 16.4. The van der Waals surface area contributed by atoms with Crippen molar-refractivity contribution < 1.29 is 9.90 Å². The third kappa shape index (κ3) is 17.8. The Bertz CT molecular complexity index is 279. The molecule has 3 nitrogen and oxygen atoms in total. The van der Waals surface area contributed by atoms with Crippen LogP contribution in [-0.2, 0) is 4.79 Å². The summed E-state index contributed by atoms with van der Waals surface area (Å²) in [5.74, 6) is 0.111. The van der Waals surface area contributed by atoms with Crippen molar-refractivity contribution in [2.24, 2.45) is 5.92 Å². The molecule has 0 bridgehead atoms. The molecule has 0 fully saturated rings. The van der Waals surface area contributed by atoms with Gasteiger partial charge in [0.1, 0.15) is 6.04 Å². The predicted molar refractivity (Wildman–Crippen MR) is 105 cm³/mol. The fraction of sp³-hybridized carbons (Fsp3) is 0.952. The number of hydrogen-bond donors (Lipinski definition) is 2. The molecule has 0 rings (SSSR count). The second-order valence-electron chi connectivity index (χ2n) is 7.79. The Balaban J connectivity index is 3.06. The van der Waals surface area contributed by atoms with Crippen LogP contribution in [0, 0.1) is 5.92 Å². The summed E-state index contributed by atoms with van der Waals surface area (Å²) in [6, 6.07) is -0.416. The Morgan fingerprint density at radius 3 is 1.46 bits per heavy atom. The zero-order chi connectivity index (χ0) is 18.0. The molecule has 0 aromatic rings. The smallest absolute Gasteiger partial charge is 0.320 e. The number of carbonyl (C=O) groups is 1. The van der Waals surface area contributed by atoms with Gasteiger partial charge in [-0.1, -0.05) is 97.3 Å². The predicted octanol–water partition coefficient (Wildman–Crippen LogP) is 6.17. The van der Waals surface area contributed by atoms with Gasteiger partial charge in [-0.2, -0.15) is 0 Å². The van der Waals surface area contributed by atoms with Gasteiger partial charge in [-0.05, 0) is 25.8 Å². The van der Waals surface area contributed by atoms with E-state index in [9.17, 15) is 4.79 Å². The van der Waals surface area contributed by atoms with Crippen molar-refractivity contribution in [1.29, 1.82) is 0 Å². The van der Waals surface area contributed by atoms with Gasteiger partial charge in [0.15, 0.2) is 0 Å². The normalized spacial score (nSPS) is 12.7. The van der Waals surface area contributed by atoms with Crippen LogP contribution in [0.2, 0.25) is 0 Å². The number of carboxylic acids is 1. The first-order chi connectivity index (χ1) is 11.5. The summed E-state index contributed by atoms with van der Waals surface area (Å²) < 4.78 is 0. The minimum atomic E-state index is -0.759. The molecule has 0 saturated carbocycles. The second kappa shape index (κ2) is 17.3. The number of aliphatic carboxylic acids is 1. The highest BCUT2D eigenvalue weighted by molar-refractivity contribution is 5.72. The highest BCUT2D eigenvalue weighted by Gasteiger charge is 2.07. The molecule has 0 heterocycles. The molecule has 0 aliphatic heterocycles. The molecule has 0 radical (unpaired) electrons. The van der Waals surface area contributed by atoms with Crippen LogP contribution in [0.5, 0.6) is 0 Å². The molecular formula is C21H43NO2. The average Bonchev–Trinajstić information content (AvgIpc) is 2.53. The third-order valence-electron chi connectivity index (χ3n) is 4.78. The fourth-order valence-corrected chi connectivity index (χ4v) is 3.03. The van der Waals surface area contributed by atoms with Gasteiger partial charge in [0, 0.05) is 0 Å². The Labute approximate surface area is 151 Å². The first kappa shape index (κ1) is 23.4. The highest BCUT2D eigenvalue weighted by Crippen LogP contribution is 2.14. The van der Waals surface area contributed by atoms with Crippen LogP contribution >= 0.6 is 0 Å². The molecule has 0 aromatic carbocycles. The lowest BCUT2D eigenvalue weighted by atomic mass is 10.0. The van der Waals surface area contributed by atoms with Crippen molar-refractivity contribution in [3.8, 4) is 0 Å². The minimum Gasteiger partial charge on any atom is -0.480 e. The lowest BCUT2D eigenvalue weighted by Gasteiger charge is -2.08. The van der Waals surface area contributed by atoms with E-state index in [1.165, 1.54) is 83.5 Å². The van der Waals surface area contributed by atoms with E-state index in [0.717, 1.165) is 18.9 Å². The molecule has 1 atom stereocenters. The zero-order valence-electron chi connectivity index (χ0n) is 16.6.